The summed E-state index contributed by atoms with van der Waals surface area (Å²) < 4.78 is 5.77. The Morgan fingerprint density at radius 2 is 2.59 bits per heavy atom. The van der Waals surface area contributed by atoms with E-state index in [4.69, 9.17) is 0 Å². The van der Waals surface area contributed by atoms with Crippen LogP contribution in [0, 0.1) is 0 Å². The van der Waals surface area contributed by atoms with E-state index < -0.39 is 0 Å². The quantitative estimate of drug-likeness (QED) is 0.930. The molecule has 1 aliphatic heterocycles. The van der Waals surface area contributed by atoms with E-state index in [0.29, 0.717) is 0 Å². The van der Waals surface area contributed by atoms with Crippen LogP contribution in [0.1, 0.15) is 11.3 Å². The van der Waals surface area contributed by atoms with Crippen LogP contribution < -0.4 is 5.32 Å². The molecule has 0 spiro atoms. The number of thiophene rings is 1. The van der Waals surface area contributed by atoms with E-state index in [1.54, 1.807) is 11.3 Å². The largest absolute Gasteiger partial charge is 0.453 e. The van der Waals surface area contributed by atoms with Crippen molar-refractivity contribution in [3.63, 3.8) is 0 Å². The first-order valence-corrected chi connectivity index (χ1v) is 7.15. The lowest BCUT2D eigenvalue weighted by Crippen LogP contribution is -2.36. The van der Waals surface area contributed by atoms with E-state index in [9.17, 15) is 4.79 Å². The van der Waals surface area contributed by atoms with Crippen LogP contribution >= 0.6 is 27.3 Å². The van der Waals surface area contributed by atoms with Gasteiger partial charge >= 0.3 is 6.09 Å². The van der Waals surface area contributed by atoms with Crippen molar-refractivity contribution in [2.45, 2.75) is 19.0 Å². The summed E-state index contributed by atoms with van der Waals surface area (Å²) in [5, 5.41) is 4.92. The molecule has 0 bridgehead atoms. The number of nitrogens with one attached hydrogen (secondary N) is 1. The predicted molar refractivity (Wildman–Crippen MR) is 71.2 cm³/mol. The molecule has 17 heavy (non-hydrogen) atoms. The summed E-state index contributed by atoms with van der Waals surface area (Å²) in [4.78, 5) is 14.8. The van der Waals surface area contributed by atoms with Gasteiger partial charge in [-0.1, -0.05) is 0 Å². The Labute approximate surface area is 113 Å². The molecule has 1 aromatic heterocycles. The van der Waals surface area contributed by atoms with Crippen molar-refractivity contribution < 1.29 is 9.53 Å². The standard InChI is InChI=1S/C11H15BrN2O2S/c1-16-11(15)13-8-2-4-14(6-8)7-10-9(12)3-5-17-10/h3,5,8H,2,4,6-7H2,1H3,(H,13,15). The highest BCUT2D eigenvalue weighted by atomic mass is 79.9. The van der Waals surface area contributed by atoms with Crippen LogP contribution in [0.25, 0.3) is 0 Å². The third-order valence-corrected chi connectivity index (χ3v) is 4.75. The molecule has 94 valence electrons. The fourth-order valence-electron chi connectivity index (χ4n) is 1.96. The van der Waals surface area contributed by atoms with E-state index in [2.05, 4.69) is 42.3 Å². The lowest BCUT2D eigenvalue weighted by Gasteiger charge is -2.15. The summed E-state index contributed by atoms with van der Waals surface area (Å²) in [7, 11) is 1.39. The summed E-state index contributed by atoms with van der Waals surface area (Å²) in [6.07, 6.45) is 0.645. The van der Waals surface area contributed by atoms with Crippen molar-refractivity contribution in [1.29, 1.82) is 0 Å². The first kappa shape index (κ1) is 12.9. The molecule has 2 rings (SSSR count). The van der Waals surface area contributed by atoms with Gasteiger partial charge in [0.05, 0.1) is 7.11 Å². The molecule has 1 N–H and O–H groups in total. The van der Waals surface area contributed by atoms with Crippen molar-refractivity contribution in [3.8, 4) is 0 Å². The molecular weight excluding hydrogens is 304 g/mol. The van der Waals surface area contributed by atoms with Crippen molar-refractivity contribution in [1.82, 2.24) is 10.2 Å². The lowest BCUT2D eigenvalue weighted by atomic mass is 10.3. The van der Waals surface area contributed by atoms with Gasteiger partial charge < -0.3 is 10.1 Å². The Morgan fingerprint density at radius 1 is 1.76 bits per heavy atom. The molecule has 1 aliphatic rings. The van der Waals surface area contributed by atoms with Gasteiger partial charge in [0.15, 0.2) is 0 Å². The highest BCUT2D eigenvalue weighted by Gasteiger charge is 2.24. The number of ether oxygens (including phenoxy) is 1. The molecule has 0 aromatic carbocycles. The van der Waals surface area contributed by atoms with Crippen molar-refractivity contribution in [3.05, 3.63) is 20.8 Å². The number of amides is 1. The molecule has 0 aliphatic carbocycles. The van der Waals surface area contributed by atoms with E-state index in [1.165, 1.54) is 16.5 Å². The van der Waals surface area contributed by atoms with Crippen LogP contribution in [0.3, 0.4) is 0 Å². The molecule has 1 fully saturated rings. The minimum absolute atomic E-state index is 0.209. The van der Waals surface area contributed by atoms with Gasteiger partial charge in [0.1, 0.15) is 0 Å². The first-order chi connectivity index (χ1) is 8.19. The number of halogens is 1. The molecule has 1 amide bonds. The fraction of sp³-hybridized carbons (Fsp3) is 0.545. The molecule has 1 saturated heterocycles. The average Bonchev–Trinajstić information content (AvgIpc) is 2.90. The van der Waals surface area contributed by atoms with Gasteiger partial charge in [-0.2, -0.15) is 0 Å². The SMILES string of the molecule is COC(=O)NC1CCN(Cc2sccc2Br)C1. The number of carbonyl (C=O) groups excluding carboxylic acids is 1. The summed E-state index contributed by atoms with van der Waals surface area (Å²) in [6.45, 7) is 2.84. The molecule has 1 unspecified atom stereocenters. The minimum Gasteiger partial charge on any atom is -0.453 e. The van der Waals surface area contributed by atoms with E-state index in [0.717, 1.165) is 26.1 Å². The Balaban J connectivity index is 1.82. The fourth-order valence-corrected chi connectivity index (χ4v) is 3.48. The summed E-state index contributed by atoms with van der Waals surface area (Å²) in [6, 6.07) is 2.28. The molecule has 0 saturated carbocycles. The van der Waals surface area contributed by atoms with E-state index >= 15 is 0 Å². The third kappa shape index (κ3) is 3.43. The number of alkyl carbamates (subject to hydrolysis) is 1. The lowest BCUT2D eigenvalue weighted by molar-refractivity contribution is 0.166. The summed E-state index contributed by atoms with van der Waals surface area (Å²) >= 11 is 5.29. The highest BCUT2D eigenvalue weighted by Crippen LogP contribution is 2.25. The van der Waals surface area contributed by atoms with Crippen molar-refractivity contribution >= 4 is 33.4 Å². The minimum atomic E-state index is -0.339. The zero-order valence-corrected chi connectivity index (χ0v) is 12.0. The topological polar surface area (TPSA) is 41.6 Å². The molecular formula is C11H15BrN2O2S. The molecule has 0 radical (unpaired) electrons. The van der Waals surface area contributed by atoms with Gasteiger partial charge in [-0.25, -0.2) is 4.79 Å². The van der Waals surface area contributed by atoms with Gasteiger partial charge in [-0.3, -0.25) is 4.90 Å². The Bertz CT molecular complexity index is 397. The van der Waals surface area contributed by atoms with E-state index in [-0.39, 0.29) is 12.1 Å². The Hall–Kier alpha value is -0.590. The summed E-state index contributed by atoms with van der Waals surface area (Å²) in [5.41, 5.74) is 0. The van der Waals surface area contributed by atoms with Gasteiger partial charge in [0.25, 0.3) is 0 Å². The number of rotatable bonds is 3. The molecule has 1 atom stereocenters. The number of nitrogens with zero attached hydrogens (tertiary/aromatic N) is 1. The second kappa shape index (κ2) is 5.84. The van der Waals surface area contributed by atoms with Crippen LogP contribution in [0.2, 0.25) is 0 Å². The number of carbonyl (C=O) groups is 1. The van der Waals surface area contributed by atoms with Crippen LogP contribution in [-0.4, -0.2) is 37.2 Å². The second-order valence-electron chi connectivity index (χ2n) is 4.05. The molecule has 1 aromatic rings. The number of hydrogen-bond acceptors (Lipinski definition) is 4. The van der Waals surface area contributed by atoms with Crippen LogP contribution in [0.5, 0.6) is 0 Å². The van der Waals surface area contributed by atoms with Gasteiger partial charge in [0.2, 0.25) is 0 Å². The number of methoxy groups -OCH3 is 1. The molecule has 2 heterocycles. The zero-order valence-electron chi connectivity index (χ0n) is 9.61. The van der Waals surface area contributed by atoms with Crippen LogP contribution in [0.15, 0.2) is 15.9 Å². The summed E-state index contributed by atoms with van der Waals surface area (Å²) in [5.74, 6) is 0. The monoisotopic (exact) mass is 318 g/mol. The van der Waals surface area contributed by atoms with Gasteiger partial charge in [-0.05, 0) is 33.8 Å². The maximum Gasteiger partial charge on any atom is 0.407 e. The Morgan fingerprint density at radius 3 is 3.24 bits per heavy atom. The predicted octanol–water partition coefficient (Wildman–Crippen LogP) is 2.44. The Kier molecular flexibility index (Phi) is 4.42. The van der Waals surface area contributed by atoms with Gasteiger partial charge in [0, 0.05) is 35.0 Å². The first-order valence-electron chi connectivity index (χ1n) is 5.47. The second-order valence-corrected chi connectivity index (χ2v) is 5.90. The third-order valence-electron chi connectivity index (χ3n) is 2.84. The normalized spacial score (nSPS) is 20.5. The maximum atomic E-state index is 11.1. The molecule has 6 heteroatoms. The smallest absolute Gasteiger partial charge is 0.407 e. The van der Waals surface area contributed by atoms with Crippen molar-refractivity contribution in [2.24, 2.45) is 0 Å². The zero-order chi connectivity index (χ0) is 12.3. The average molecular weight is 319 g/mol. The highest BCUT2D eigenvalue weighted by molar-refractivity contribution is 9.10. The van der Waals surface area contributed by atoms with Gasteiger partial charge in [-0.15, -0.1) is 11.3 Å². The number of hydrogen-bond donors (Lipinski definition) is 1. The number of likely N-dealkylation sites (tertiary alicyclic amines) is 1. The van der Waals surface area contributed by atoms with Crippen LogP contribution in [-0.2, 0) is 11.3 Å². The van der Waals surface area contributed by atoms with E-state index in [1.807, 2.05) is 0 Å². The van der Waals surface area contributed by atoms with Crippen molar-refractivity contribution in [2.75, 3.05) is 20.2 Å². The molecule has 4 nitrogen and oxygen atoms in total. The van der Waals surface area contributed by atoms with Crippen LogP contribution in [0.4, 0.5) is 4.79 Å². The maximum absolute atomic E-state index is 11.1.